The van der Waals surface area contributed by atoms with Gasteiger partial charge in [0.15, 0.2) is 0 Å². The zero-order valence-electron chi connectivity index (χ0n) is 16.3. The van der Waals surface area contributed by atoms with Crippen molar-refractivity contribution in [2.75, 3.05) is 18.4 Å². The van der Waals surface area contributed by atoms with Crippen LogP contribution in [0.2, 0.25) is 0 Å². The normalized spacial score (nSPS) is 16.6. The van der Waals surface area contributed by atoms with Gasteiger partial charge in [0.2, 0.25) is 11.7 Å². The lowest BCUT2D eigenvalue weighted by atomic mass is 9.98. The summed E-state index contributed by atoms with van der Waals surface area (Å²) in [7, 11) is 0. The number of hydrogen-bond acceptors (Lipinski definition) is 4. The second-order valence-corrected chi connectivity index (χ2v) is 7.23. The standard InChI is InChI=1S/C22H23FN4O2/c1-2-15-5-3-7-19(13-15)24-22(28)27-12-4-6-17(14-27)21-25-20(26-29-21)16-8-10-18(23)11-9-16/h3,5,7-11,13,17H,2,4,6,12,14H2,1H3,(H,24,28). The highest BCUT2D eigenvalue weighted by molar-refractivity contribution is 5.89. The van der Waals surface area contributed by atoms with Crippen LogP contribution in [0, 0.1) is 5.82 Å². The summed E-state index contributed by atoms with van der Waals surface area (Å²) in [4.78, 5) is 19.0. The molecular formula is C22H23FN4O2. The number of anilines is 1. The molecule has 150 valence electrons. The monoisotopic (exact) mass is 394 g/mol. The minimum Gasteiger partial charge on any atom is -0.339 e. The number of carbonyl (C=O) groups excluding carboxylic acids is 1. The van der Waals surface area contributed by atoms with E-state index in [0.29, 0.717) is 30.4 Å². The van der Waals surface area contributed by atoms with Crippen LogP contribution in [-0.4, -0.2) is 34.2 Å². The molecule has 0 bridgehead atoms. The van der Waals surface area contributed by atoms with Crippen molar-refractivity contribution in [1.82, 2.24) is 15.0 Å². The molecule has 1 N–H and O–H groups in total. The third-order valence-electron chi connectivity index (χ3n) is 5.19. The quantitative estimate of drug-likeness (QED) is 0.687. The molecule has 6 nitrogen and oxygen atoms in total. The Kier molecular flexibility index (Phi) is 5.55. The predicted molar refractivity (Wildman–Crippen MR) is 108 cm³/mol. The molecule has 0 spiro atoms. The number of benzene rings is 2. The predicted octanol–water partition coefficient (Wildman–Crippen LogP) is 4.85. The molecule has 2 heterocycles. The lowest BCUT2D eigenvalue weighted by molar-refractivity contribution is 0.184. The van der Waals surface area contributed by atoms with Gasteiger partial charge < -0.3 is 14.7 Å². The van der Waals surface area contributed by atoms with Gasteiger partial charge in [0.05, 0.1) is 5.92 Å². The number of aromatic nitrogens is 2. The van der Waals surface area contributed by atoms with Crippen LogP contribution in [0.3, 0.4) is 0 Å². The molecule has 2 amide bonds. The Hall–Kier alpha value is -3.22. The first-order valence-electron chi connectivity index (χ1n) is 9.87. The molecule has 1 atom stereocenters. The lowest BCUT2D eigenvalue weighted by Crippen LogP contribution is -2.41. The van der Waals surface area contributed by atoms with Crippen LogP contribution < -0.4 is 5.32 Å². The van der Waals surface area contributed by atoms with E-state index < -0.39 is 0 Å². The Morgan fingerprint density at radius 2 is 2.10 bits per heavy atom. The van der Waals surface area contributed by atoms with Crippen molar-refractivity contribution in [1.29, 1.82) is 0 Å². The van der Waals surface area contributed by atoms with E-state index in [1.165, 1.54) is 17.7 Å². The van der Waals surface area contributed by atoms with E-state index in [-0.39, 0.29) is 17.8 Å². The second kappa shape index (κ2) is 8.43. The molecule has 1 saturated heterocycles. The summed E-state index contributed by atoms with van der Waals surface area (Å²) in [6, 6.07) is 13.7. The highest BCUT2D eigenvalue weighted by Crippen LogP contribution is 2.28. The number of amides is 2. The summed E-state index contributed by atoms with van der Waals surface area (Å²) in [6.07, 6.45) is 2.66. The minimum atomic E-state index is -0.309. The molecule has 2 aromatic carbocycles. The first kappa shape index (κ1) is 19.1. The number of rotatable bonds is 4. The summed E-state index contributed by atoms with van der Waals surface area (Å²) in [5.41, 5.74) is 2.67. The summed E-state index contributed by atoms with van der Waals surface area (Å²) in [5.74, 6) is 0.613. The summed E-state index contributed by atoms with van der Waals surface area (Å²) < 4.78 is 18.6. The molecule has 4 rings (SSSR count). The van der Waals surface area contributed by atoms with Crippen LogP contribution in [0.5, 0.6) is 0 Å². The van der Waals surface area contributed by atoms with E-state index in [1.54, 1.807) is 17.0 Å². The molecule has 1 fully saturated rings. The third-order valence-corrected chi connectivity index (χ3v) is 5.19. The Balaban J connectivity index is 1.43. The van der Waals surface area contributed by atoms with Gasteiger partial charge >= 0.3 is 6.03 Å². The average Bonchev–Trinajstić information content (AvgIpc) is 3.25. The Labute approximate surface area is 168 Å². The van der Waals surface area contributed by atoms with Crippen LogP contribution >= 0.6 is 0 Å². The molecule has 1 aliphatic heterocycles. The number of nitrogens with one attached hydrogen (secondary N) is 1. The van der Waals surface area contributed by atoms with Crippen LogP contribution in [-0.2, 0) is 6.42 Å². The van der Waals surface area contributed by atoms with E-state index in [9.17, 15) is 9.18 Å². The summed E-state index contributed by atoms with van der Waals surface area (Å²) >= 11 is 0. The van der Waals surface area contributed by atoms with Gasteiger partial charge in [-0.2, -0.15) is 4.98 Å². The van der Waals surface area contributed by atoms with Gasteiger partial charge in [-0.3, -0.25) is 0 Å². The minimum absolute atomic E-state index is 0.0156. The first-order valence-corrected chi connectivity index (χ1v) is 9.87. The van der Waals surface area contributed by atoms with Crippen molar-refractivity contribution in [3.8, 4) is 11.4 Å². The fraction of sp³-hybridized carbons (Fsp3) is 0.318. The van der Waals surface area contributed by atoms with Crippen molar-refractivity contribution >= 4 is 11.7 Å². The molecule has 3 aromatic rings. The fourth-order valence-corrected chi connectivity index (χ4v) is 3.55. The van der Waals surface area contributed by atoms with Gasteiger partial charge in [0, 0.05) is 24.3 Å². The molecule has 0 radical (unpaired) electrons. The SMILES string of the molecule is CCc1cccc(NC(=O)N2CCCC(c3nc(-c4ccc(F)cc4)no3)C2)c1. The number of aryl methyl sites for hydroxylation is 1. The number of urea groups is 1. The smallest absolute Gasteiger partial charge is 0.321 e. The number of hydrogen-bond donors (Lipinski definition) is 1. The molecular weight excluding hydrogens is 371 g/mol. The van der Waals surface area contributed by atoms with Crippen molar-refractivity contribution < 1.29 is 13.7 Å². The van der Waals surface area contributed by atoms with Crippen LogP contribution in [0.15, 0.2) is 53.1 Å². The second-order valence-electron chi connectivity index (χ2n) is 7.23. The largest absolute Gasteiger partial charge is 0.339 e. The maximum Gasteiger partial charge on any atom is 0.321 e. The van der Waals surface area contributed by atoms with Crippen LogP contribution in [0.4, 0.5) is 14.9 Å². The molecule has 0 aliphatic carbocycles. The van der Waals surface area contributed by atoms with Gasteiger partial charge in [-0.25, -0.2) is 9.18 Å². The molecule has 1 aromatic heterocycles. The highest BCUT2D eigenvalue weighted by atomic mass is 19.1. The third kappa shape index (κ3) is 4.45. The van der Waals surface area contributed by atoms with Gasteiger partial charge in [0.1, 0.15) is 5.82 Å². The Bertz CT molecular complexity index is 986. The van der Waals surface area contributed by atoms with Crippen molar-refractivity contribution in [3.63, 3.8) is 0 Å². The van der Waals surface area contributed by atoms with E-state index >= 15 is 0 Å². The number of piperidine rings is 1. The van der Waals surface area contributed by atoms with Crippen molar-refractivity contribution in [3.05, 3.63) is 65.8 Å². The van der Waals surface area contributed by atoms with E-state index in [0.717, 1.165) is 24.9 Å². The Morgan fingerprint density at radius 1 is 1.28 bits per heavy atom. The highest BCUT2D eigenvalue weighted by Gasteiger charge is 2.28. The topological polar surface area (TPSA) is 71.3 Å². The van der Waals surface area contributed by atoms with Gasteiger partial charge in [-0.05, 0) is 61.2 Å². The van der Waals surface area contributed by atoms with Gasteiger partial charge in [-0.15, -0.1) is 0 Å². The maximum absolute atomic E-state index is 13.1. The first-order chi connectivity index (χ1) is 14.1. The zero-order valence-corrected chi connectivity index (χ0v) is 16.3. The van der Waals surface area contributed by atoms with Crippen LogP contribution in [0.1, 0.15) is 37.1 Å². The Morgan fingerprint density at radius 3 is 2.90 bits per heavy atom. The molecule has 1 unspecified atom stereocenters. The van der Waals surface area contributed by atoms with Crippen molar-refractivity contribution in [2.24, 2.45) is 0 Å². The zero-order chi connectivity index (χ0) is 20.2. The number of likely N-dealkylation sites (tertiary alicyclic amines) is 1. The molecule has 0 saturated carbocycles. The van der Waals surface area contributed by atoms with Crippen LogP contribution in [0.25, 0.3) is 11.4 Å². The average molecular weight is 394 g/mol. The number of nitrogens with zero attached hydrogens (tertiary/aromatic N) is 3. The molecule has 29 heavy (non-hydrogen) atoms. The van der Waals surface area contributed by atoms with E-state index in [2.05, 4.69) is 22.4 Å². The summed E-state index contributed by atoms with van der Waals surface area (Å²) in [6.45, 7) is 3.29. The van der Waals surface area contributed by atoms with Gasteiger partial charge in [0.25, 0.3) is 0 Å². The number of carbonyl (C=O) groups is 1. The lowest BCUT2D eigenvalue weighted by Gasteiger charge is -2.31. The maximum atomic E-state index is 13.1. The number of halogens is 1. The summed E-state index contributed by atoms with van der Waals surface area (Å²) in [5, 5.41) is 7.00. The molecule has 7 heteroatoms. The fourth-order valence-electron chi connectivity index (χ4n) is 3.55. The van der Waals surface area contributed by atoms with E-state index in [1.807, 2.05) is 24.3 Å². The van der Waals surface area contributed by atoms with Crippen molar-refractivity contribution in [2.45, 2.75) is 32.1 Å². The van der Waals surface area contributed by atoms with E-state index in [4.69, 9.17) is 4.52 Å². The molecule has 1 aliphatic rings. The van der Waals surface area contributed by atoms with Gasteiger partial charge in [-0.1, -0.05) is 24.2 Å².